The second-order valence-corrected chi connectivity index (χ2v) is 11.8. The molecule has 204 valence electrons. The Morgan fingerprint density at radius 1 is 0.442 bits per heavy atom. The fourth-order valence-electron chi connectivity index (χ4n) is 6.80. The van der Waals surface area contributed by atoms with Crippen LogP contribution in [0.1, 0.15) is 25.0 Å². The summed E-state index contributed by atoms with van der Waals surface area (Å²) in [5.41, 5.74) is 12.6. The number of hydrogen-bond acceptors (Lipinski definition) is 2. The maximum Gasteiger partial charge on any atom is 0.160 e. The third-order valence-electron chi connectivity index (χ3n) is 8.90. The van der Waals surface area contributed by atoms with Gasteiger partial charge in [-0.1, -0.05) is 153 Å². The first kappa shape index (κ1) is 25.4. The molecule has 0 atom stereocenters. The van der Waals surface area contributed by atoms with Gasteiger partial charge in [0, 0.05) is 22.1 Å². The molecule has 0 saturated heterocycles. The van der Waals surface area contributed by atoms with Gasteiger partial charge in [-0.25, -0.2) is 9.97 Å². The number of rotatable bonds is 4. The quantitative estimate of drug-likeness (QED) is 0.218. The molecule has 1 aliphatic carbocycles. The van der Waals surface area contributed by atoms with E-state index in [-0.39, 0.29) is 5.41 Å². The lowest BCUT2D eigenvalue weighted by atomic mass is 9.80. The normalized spacial score (nSPS) is 13.1. The second-order valence-electron chi connectivity index (χ2n) is 11.8. The van der Waals surface area contributed by atoms with Gasteiger partial charge in [0.15, 0.2) is 5.82 Å². The van der Waals surface area contributed by atoms with E-state index < -0.39 is 0 Å². The Kier molecular flexibility index (Phi) is 5.84. The number of fused-ring (bicyclic) bond motifs is 4. The molecule has 8 rings (SSSR count). The van der Waals surface area contributed by atoms with Crippen LogP contribution in [0.3, 0.4) is 0 Å². The molecule has 2 heteroatoms. The molecule has 0 unspecified atom stereocenters. The van der Waals surface area contributed by atoms with Gasteiger partial charge < -0.3 is 0 Å². The van der Waals surface area contributed by atoms with Crippen LogP contribution in [-0.2, 0) is 5.41 Å². The molecule has 0 fully saturated rings. The van der Waals surface area contributed by atoms with Crippen molar-refractivity contribution >= 4 is 10.8 Å². The van der Waals surface area contributed by atoms with E-state index >= 15 is 0 Å². The summed E-state index contributed by atoms with van der Waals surface area (Å²) in [5.74, 6) is 0.757. The third-order valence-corrected chi connectivity index (χ3v) is 8.90. The summed E-state index contributed by atoms with van der Waals surface area (Å²) in [6.45, 7) is 4.63. The van der Waals surface area contributed by atoms with Gasteiger partial charge in [0.2, 0.25) is 0 Å². The van der Waals surface area contributed by atoms with E-state index in [9.17, 15) is 0 Å². The fourth-order valence-corrected chi connectivity index (χ4v) is 6.80. The molecule has 1 aromatic heterocycles. The predicted octanol–water partition coefficient (Wildman–Crippen LogP) is 10.6. The maximum absolute atomic E-state index is 5.25. The summed E-state index contributed by atoms with van der Waals surface area (Å²) < 4.78 is 0. The largest absolute Gasteiger partial charge is 0.228 e. The van der Waals surface area contributed by atoms with Crippen molar-refractivity contribution in [1.82, 2.24) is 9.97 Å². The first-order valence-corrected chi connectivity index (χ1v) is 14.8. The van der Waals surface area contributed by atoms with Crippen LogP contribution in [0.15, 0.2) is 146 Å². The van der Waals surface area contributed by atoms with Gasteiger partial charge >= 0.3 is 0 Å². The standard InChI is InChI=1S/C41H30N2/c1-41(2)36-21-9-8-17-33(36)34-19-11-20-35(39(34)41)40-42-37(29-13-4-3-5-14-29)26-38(43-40)30-24-22-28(23-25-30)32-18-10-15-27-12-6-7-16-31(27)32/h3-26H,1-2H3. The van der Waals surface area contributed by atoms with Gasteiger partial charge in [-0.3, -0.25) is 0 Å². The number of benzene rings is 6. The monoisotopic (exact) mass is 550 g/mol. The summed E-state index contributed by atoms with van der Waals surface area (Å²) in [4.78, 5) is 10.4. The number of hydrogen-bond donors (Lipinski definition) is 0. The molecule has 0 N–H and O–H groups in total. The van der Waals surface area contributed by atoms with Gasteiger partial charge in [0.25, 0.3) is 0 Å². The average Bonchev–Trinajstić information content (AvgIpc) is 3.31. The first-order valence-electron chi connectivity index (χ1n) is 14.8. The van der Waals surface area contributed by atoms with E-state index in [1.807, 2.05) is 6.07 Å². The predicted molar refractivity (Wildman–Crippen MR) is 179 cm³/mol. The highest BCUT2D eigenvalue weighted by Crippen LogP contribution is 2.51. The van der Waals surface area contributed by atoms with Crippen LogP contribution in [0.5, 0.6) is 0 Å². The molecule has 1 aliphatic rings. The summed E-state index contributed by atoms with van der Waals surface area (Å²) >= 11 is 0. The third kappa shape index (κ3) is 4.18. The lowest BCUT2D eigenvalue weighted by Crippen LogP contribution is -2.16. The molecule has 0 saturated carbocycles. The molecule has 0 spiro atoms. The van der Waals surface area contributed by atoms with Crippen LogP contribution in [0.2, 0.25) is 0 Å². The minimum atomic E-state index is -0.158. The van der Waals surface area contributed by atoms with Crippen molar-refractivity contribution < 1.29 is 0 Å². The number of nitrogens with zero attached hydrogens (tertiary/aromatic N) is 2. The second kappa shape index (κ2) is 9.89. The van der Waals surface area contributed by atoms with E-state index in [0.29, 0.717) is 0 Å². The van der Waals surface area contributed by atoms with Gasteiger partial charge in [-0.05, 0) is 50.2 Å². The highest BCUT2D eigenvalue weighted by molar-refractivity contribution is 5.97. The van der Waals surface area contributed by atoms with Crippen LogP contribution in [0.4, 0.5) is 0 Å². The summed E-state index contributed by atoms with van der Waals surface area (Å²) in [7, 11) is 0. The van der Waals surface area contributed by atoms with E-state index in [1.165, 1.54) is 44.2 Å². The van der Waals surface area contributed by atoms with Gasteiger partial charge in [0.05, 0.1) is 11.4 Å². The molecule has 7 aromatic rings. The van der Waals surface area contributed by atoms with Crippen LogP contribution in [-0.4, -0.2) is 9.97 Å². The molecule has 0 radical (unpaired) electrons. The zero-order valence-electron chi connectivity index (χ0n) is 24.3. The van der Waals surface area contributed by atoms with E-state index in [4.69, 9.17) is 9.97 Å². The van der Waals surface area contributed by atoms with Gasteiger partial charge in [-0.2, -0.15) is 0 Å². The van der Waals surface area contributed by atoms with Crippen molar-refractivity contribution in [3.8, 4) is 56.2 Å². The smallest absolute Gasteiger partial charge is 0.160 e. The summed E-state index contributed by atoms with van der Waals surface area (Å²) in [6, 6.07) is 51.7. The van der Waals surface area contributed by atoms with Crippen molar-refractivity contribution in [3.05, 3.63) is 157 Å². The van der Waals surface area contributed by atoms with E-state index in [0.717, 1.165) is 33.9 Å². The topological polar surface area (TPSA) is 25.8 Å². The Labute approximate surface area is 252 Å². The molecule has 43 heavy (non-hydrogen) atoms. The Morgan fingerprint density at radius 3 is 1.81 bits per heavy atom. The number of aromatic nitrogens is 2. The van der Waals surface area contributed by atoms with Crippen LogP contribution in [0, 0.1) is 0 Å². The van der Waals surface area contributed by atoms with Crippen molar-refractivity contribution in [2.45, 2.75) is 19.3 Å². The molecule has 2 nitrogen and oxygen atoms in total. The van der Waals surface area contributed by atoms with Crippen molar-refractivity contribution in [2.75, 3.05) is 0 Å². The Bertz CT molecular complexity index is 2140. The highest BCUT2D eigenvalue weighted by atomic mass is 14.9. The Hall–Kier alpha value is -5.34. The van der Waals surface area contributed by atoms with Gasteiger partial charge in [-0.15, -0.1) is 0 Å². The molecule has 6 aromatic carbocycles. The molecule has 0 amide bonds. The maximum atomic E-state index is 5.25. The van der Waals surface area contributed by atoms with Crippen LogP contribution in [0.25, 0.3) is 66.9 Å². The summed E-state index contributed by atoms with van der Waals surface area (Å²) in [5, 5.41) is 2.51. The lowest BCUT2D eigenvalue weighted by Gasteiger charge is -2.24. The van der Waals surface area contributed by atoms with Crippen molar-refractivity contribution in [3.63, 3.8) is 0 Å². The van der Waals surface area contributed by atoms with Crippen molar-refractivity contribution in [1.29, 1.82) is 0 Å². The lowest BCUT2D eigenvalue weighted by molar-refractivity contribution is 0.661. The van der Waals surface area contributed by atoms with Crippen LogP contribution < -0.4 is 0 Å². The highest BCUT2D eigenvalue weighted by Gasteiger charge is 2.37. The average molecular weight is 551 g/mol. The first-order chi connectivity index (χ1) is 21.1. The SMILES string of the molecule is CC1(C)c2ccccc2-c2cccc(-c3nc(-c4ccccc4)cc(-c4ccc(-c5cccc6ccccc56)cc4)n3)c21. The van der Waals surface area contributed by atoms with Crippen molar-refractivity contribution in [2.24, 2.45) is 0 Å². The molecule has 1 heterocycles. The molecular formula is C41H30N2. The molecule has 0 aliphatic heterocycles. The van der Waals surface area contributed by atoms with Gasteiger partial charge in [0.1, 0.15) is 0 Å². The fraction of sp³-hybridized carbons (Fsp3) is 0.0732. The minimum Gasteiger partial charge on any atom is -0.228 e. The molecule has 0 bridgehead atoms. The Morgan fingerprint density at radius 2 is 1.00 bits per heavy atom. The zero-order chi connectivity index (χ0) is 29.0. The zero-order valence-corrected chi connectivity index (χ0v) is 24.3. The van der Waals surface area contributed by atoms with E-state index in [1.54, 1.807) is 0 Å². The van der Waals surface area contributed by atoms with Crippen LogP contribution >= 0.6 is 0 Å². The van der Waals surface area contributed by atoms with E-state index in [2.05, 4.69) is 153 Å². The minimum absolute atomic E-state index is 0.158. The molecular weight excluding hydrogens is 520 g/mol. The Balaban J connectivity index is 1.29. The summed E-state index contributed by atoms with van der Waals surface area (Å²) in [6.07, 6.45) is 0.